The quantitative estimate of drug-likeness (QED) is 0.791. The number of nitrogens with one attached hydrogen (secondary N) is 1. The van der Waals surface area contributed by atoms with Crippen LogP contribution in [0.2, 0.25) is 0 Å². The van der Waals surface area contributed by atoms with E-state index >= 15 is 0 Å². The van der Waals surface area contributed by atoms with Gasteiger partial charge in [0.2, 0.25) is 0 Å². The van der Waals surface area contributed by atoms with Gasteiger partial charge in [-0.2, -0.15) is 5.26 Å². The number of rotatable bonds is 3. The number of imidazole rings is 2. The van der Waals surface area contributed by atoms with Crippen LogP contribution < -0.4 is 0 Å². The molecule has 1 aromatic carbocycles. The van der Waals surface area contributed by atoms with Gasteiger partial charge in [0.15, 0.2) is 0 Å². The second-order valence-corrected chi connectivity index (χ2v) is 4.82. The van der Waals surface area contributed by atoms with E-state index in [0.29, 0.717) is 12.8 Å². The molecule has 5 nitrogen and oxygen atoms in total. The molecule has 3 aromatic rings. The highest BCUT2D eigenvalue weighted by Crippen LogP contribution is 2.23. The molecule has 0 saturated heterocycles. The van der Waals surface area contributed by atoms with Gasteiger partial charge in [0, 0.05) is 25.5 Å². The van der Waals surface area contributed by atoms with Crippen LogP contribution in [0.5, 0.6) is 0 Å². The Hall–Kier alpha value is -2.61. The highest BCUT2D eigenvalue weighted by molar-refractivity contribution is 5.81. The molecule has 0 fully saturated rings. The third-order valence-corrected chi connectivity index (χ3v) is 3.52. The van der Waals surface area contributed by atoms with Crippen LogP contribution in [0.4, 0.5) is 0 Å². The normalized spacial score (nSPS) is 10.8. The standard InChI is InChI=1S/C15H15N5/c1-10-18-12-8-11(5-6-14(12)20(10)2)13-9-17-15(19-13)4-3-7-16/h5-6,8-9H,3-4H2,1-2H3,(H,17,19). The Balaban J connectivity index is 1.98. The number of fused-ring (bicyclic) bond motifs is 1. The van der Waals surface area contributed by atoms with Crippen molar-refractivity contribution in [1.82, 2.24) is 19.5 Å². The van der Waals surface area contributed by atoms with Crippen LogP contribution in [-0.2, 0) is 13.5 Å². The maximum atomic E-state index is 8.60. The van der Waals surface area contributed by atoms with E-state index in [-0.39, 0.29) is 0 Å². The Morgan fingerprint density at radius 3 is 3.05 bits per heavy atom. The Bertz CT molecular complexity index is 803. The topological polar surface area (TPSA) is 70.3 Å². The van der Waals surface area contributed by atoms with Gasteiger partial charge < -0.3 is 9.55 Å². The molecule has 0 aliphatic carbocycles. The zero-order valence-electron chi connectivity index (χ0n) is 11.5. The molecule has 0 amide bonds. The minimum atomic E-state index is 0.478. The number of aromatic amines is 1. The lowest BCUT2D eigenvalue weighted by Crippen LogP contribution is -1.89. The highest BCUT2D eigenvalue weighted by Gasteiger charge is 2.08. The van der Waals surface area contributed by atoms with Gasteiger partial charge in [-0.25, -0.2) is 9.97 Å². The number of aryl methyl sites for hydroxylation is 3. The Labute approximate surface area is 116 Å². The summed E-state index contributed by atoms with van der Waals surface area (Å²) in [6.45, 7) is 2.00. The second kappa shape index (κ2) is 4.82. The molecule has 5 heteroatoms. The van der Waals surface area contributed by atoms with Crippen LogP contribution in [0.3, 0.4) is 0 Å². The predicted octanol–water partition coefficient (Wildman–Crippen LogP) is 2.73. The lowest BCUT2D eigenvalue weighted by atomic mass is 10.1. The van der Waals surface area contributed by atoms with Crippen molar-refractivity contribution >= 4 is 11.0 Å². The largest absolute Gasteiger partial charge is 0.342 e. The van der Waals surface area contributed by atoms with Gasteiger partial charge in [-0.3, -0.25) is 0 Å². The first-order valence-electron chi connectivity index (χ1n) is 6.53. The van der Waals surface area contributed by atoms with E-state index in [1.165, 1.54) is 0 Å². The summed E-state index contributed by atoms with van der Waals surface area (Å²) in [5.74, 6) is 1.84. The molecule has 0 saturated carbocycles. The summed E-state index contributed by atoms with van der Waals surface area (Å²) in [4.78, 5) is 12.1. The van der Waals surface area contributed by atoms with Gasteiger partial charge in [0.1, 0.15) is 11.6 Å². The zero-order valence-corrected chi connectivity index (χ0v) is 11.5. The summed E-state index contributed by atoms with van der Waals surface area (Å²) < 4.78 is 2.07. The van der Waals surface area contributed by atoms with Crippen molar-refractivity contribution in [2.45, 2.75) is 19.8 Å². The molecule has 0 aliphatic heterocycles. The predicted molar refractivity (Wildman–Crippen MR) is 77.0 cm³/mol. The summed E-state index contributed by atoms with van der Waals surface area (Å²) in [5.41, 5.74) is 4.13. The molecule has 0 radical (unpaired) electrons. The number of nitriles is 1. The van der Waals surface area contributed by atoms with Gasteiger partial charge >= 0.3 is 0 Å². The van der Waals surface area contributed by atoms with E-state index in [1.807, 2.05) is 20.2 Å². The summed E-state index contributed by atoms with van der Waals surface area (Å²) in [6.07, 6.45) is 2.94. The molecule has 100 valence electrons. The molecule has 1 N–H and O–H groups in total. The average molecular weight is 265 g/mol. The van der Waals surface area contributed by atoms with E-state index in [0.717, 1.165) is 33.9 Å². The van der Waals surface area contributed by atoms with Crippen molar-refractivity contribution < 1.29 is 0 Å². The molecule has 2 heterocycles. The average Bonchev–Trinajstić information content (AvgIpc) is 3.02. The number of hydrogen-bond donors (Lipinski definition) is 1. The Morgan fingerprint density at radius 2 is 2.25 bits per heavy atom. The summed E-state index contributed by atoms with van der Waals surface area (Å²) in [5, 5.41) is 8.60. The van der Waals surface area contributed by atoms with Crippen LogP contribution >= 0.6 is 0 Å². The molecule has 0 spiro atoms. The van der Waals surface area contributed by atoms with E-state index in [1.54, 1.807) is 0 Å². The number of nitrogens with zero attached hydrogens (tertiary/aromatic N) is 4. The van der Waals surface area contributed by atoms with Gasteiger partial charge in [0.25, 0.3) is 0 Å². The van der Waals surface area contributed by atoms with Crippen molar-refractivity contribution in [2.24, 2.45) is 7.05 Å². The summed E-state index contributed by atoms with van der Waals surface area (Å²) in [6, 6.07) is 8.32. The molecular formula is C15H15N5. The molecule has 0 bridgehead atoms. The lowest BCUT2D eigenvalue weighted by Gasteiger charge is -1.99. The maximum Gasteiger partial charge on any atom is 0.107 e. The van der Waals surface area contributed by atoms with E-state index in [9.17, 15) is 0 Å². The number of H-pyrrole nitrogens is 1. The summed E-state index contributed by atoms with van der Waals surface area (Å²) >= 11 is 0. The SMILES string of the molecule is Cc1nc2cc(-c3cnc(CCC#N)[nH]3)ccc2n1C. The first-order chi connectivity index (χ1) is 9.69. The molecular weight excluding hydrogens is 250 g/mol. The van der Waals surface area contributed by atoms with Crippen molar-refractivity contribution in [2.75, 3.05) is 0 Å². The fourth-order valence-electron chi connectivity index (χ4n) is 2.30. The highest BCUT2D eigenvalue weighted by atomic mass is 15.0. The molecule has 0 unspecified atom stereocenters. The first-order valence-corrected chi connectivity index (χ1v) is 6.53. The molecule has 0 aliphatic rings. The zero-order chi connectivity index (χ0) is 14.1. The maximum absolute atomic E-state index is 8.60. The van der Waals surface area contributed by atoms with Crippen LogP contribution in [0.25, 0.3) is 22.3 Å². The number of benzene rings is 1. The second-order valence-electron chi connectivity index (χ2n) is 4.82. The monoisotopic (exact) mass is 265 g/mol. The van der Waals surface area contributed by atoms with Gasteiger partial charge in [-0.15, -0.1) is 0 Å². The first kappa shape index (κ1) is 12.4. The minimum Gasteiger partial charge on any atom is -0.342 e. The van der Waals surface area contributed by atoms with Crippen molar-refractivity contribution in [3.05, 3.63) is 36.0 Å². The molecule has 3 rings (SSSR count). The van der Waals surface area contributed by atoms with E-state index < -0.39 is 0 Å². The van der Waals surface area contributed by atoms with Crippen LogP contribution in [0.15, 0.2) is 24.4 Å². The third kappa shape index (κ3) is 2.05. The van der Waals surface area contributed by atoms with E-state index in [4.69, 9.17) is 5.26 Å². The van der Waals surface area contributed by atoms with Gasteiger partial charge in [-0.05, 0) is 19.1 Å². The lowest BCUT2D eigenvalue weighted by molar-refractivity contribution is 0.886. The fraction of sp³-hybridized carbons (Fsp3) is 0.267. The van der Waals surface area contributed by atoms with Crippen molar-refractivity contribution in [1.29, 1.82) is 5.26 Å². The minimum absolute atomic E-state index is 0.478. The summed E-state index contributed by atoms with van der Waals surface area (Å²) in [7, 11) is 2.01. The Kier molecular flexibility index (Phi) is 2.99. The van der Waals surface area contributed by atoms with E-state index in [2.05, 4.69) is 43.8 Å². The van der Waals surface area contributed by atoms with Crippen molar-refractivity contribution in [3.63, 3.8) is 0 Å². The fourth-order valence-corrected chi connectivity index (χ4v) is 2.30. The third-order valence-electron chi connectivity index (χ3n) is 3.52. The van der Waals surface area contributed by atoms with Crippen LogP contribution in [0.1, 0.15) is 18.1 Å². The number of aromatic nitrogens is 4. The van der Waals surface area contributed by atoms with Crippen LogP contribution in [0, 0.1) is 18.3 Å². The van der Waals surface area contributed by atoms with Crippen LogP contribution in [-0.4, -0.2) is 19.5 Å². The smallest absolute Gasteiger partial charge is 0.107 e. The molecule has 2 aromatic heterocycles. The van der Waals surface area contributed by atoms with Gasteiger partial charge in [0.05, 0.1) is 29.0 Å². The molecule has 0 atom stereocenters. The van der Waals surface area contributed by atoms with Gasteiger partial charge in [-0.1, -0.05) is 6.07 Å². The van der Waals surface area contributed by atoms with Crippen molar-refractivity contribution in [3.8, 4) is 17.3 Å². The number of hydrogen-bond acceptors (Lipinski definition) is 3. The Morgan fingerprint density at radius 1 is 1.40 bits per heavy atom. The molecule has 20 heavy (non-hydrogen) atoms.